The topological polar surface area (TPSA) is 12.0 Å². The Bertz CT molecular complexity index is 176. The second-order valence-corrected chi connectivity index (χ2v) is 5.50. The van der Waals surface area contributed by atoms with Crippen LogP contribution in [0.15, 0.2) is 12.2 Å². The Hall–Kier alpha value is -0.300. The van der Waals surface area contributed by atoms with Gasteiger partial charge in [0.1, 0.15) is 0 Å². The number of nitrogens with one attached hydrogen (secondary N) is 1. The zero-order valence-corrected chi connectivity index (χ0v) is 11.4. The Morgan fingerprint density at radius 1 is 1.27 bits per heavy atom. The van der Waals surface area contributed by atoms with Crippen LogP contribution in [0.3, 0.4) is 0 Å². The maximum absolute atomic E-state index is 3.42. The molecule has 2 unspecified atom stereocenters. The van der Waals surface area contributed by atoms with Gasteiger partial charge >= 0.3 is 0 Å². The normalized spacial score (nSPS) is 16.9. The van der Waals surface area contributed by atoms with Gasteiger partial charge in [0.25, 0.3) is 0 Å². The van der Waals surface area contributed by atoms with Crippen molar-refractivity contribution in [2.45, 2.75) is 59.9 Å². The van der Waals surface area contributed by atoms with Crippen LogP contribution in [0.5, 0.6) is 0 Å². The highest BCUT2D eigenvalue weighted by Crippen LogP contribution is 2.32. The van der Waals surface area contributed by atoms with Gasteiger partial charge in [0.05, 0.1) is 0 Å². The molecule has 90 valence electrons. The summed E-state index contributed by atoms with van der Waals surface area (Å²) in [6.07, 6.45) is 8.11. The lowest BCUT2D eigenvalue weighted by Crippen LogP contribution is -2.31. The summed E-state index contributed by atoms with van der Waals surface area (Å²) in [7, 11) is 2.07. The minimum atomic E-state index is 0.430. The summed E-state index contributed by atoms with van der Waals surface area (Å²) in [5, 5.41) is 3.42. The predicted octanol–water partition coefficient (Wildman–Crippen LogP) is 4.00. The highest BCUT2D eigenvalue weighted by Gasteiger charge is 2.24. The van der Waals surface area contributed by atoms with E-state index >= 15 is 0 Å². The smallest absolute Gasteiger partial charge is 0.0101 e. The zero-order valence-electron chi connectivity index (χ0n) is 11.4. The lowest BCUT2D eigenvalue weighted by Gasteiger charge is -2.32. The largest absolute Gasteiger partial charge is 0.317 e. The van der Waals surface area contributed by atoms with E-state index in [2.05, 4.69) is 59.1 Å². The number of rotatable bonds is 6. The predicted molar refractivity (Wildman–Crippen MR) is 70.1 cm³/mol. The van der Waals surface area contributed by atoms with Gasteiger partial charge in [-0.05, 0) is 38.1 Å². The molecule has 0 aromatic rings. The molecule has 0 radical (unpaired) electrons. The fourth-order valence-electron chi connectivity index (χ4n) is 2.11. The second kappa shape index (κ2) is 7.05. The van der Waals surface area contributed by atoms with E-state index in [4.69, 9.17) is 0 Å². The Morgan fingerprint density at radius 2 is 1.87 bits per heavy atom. The summed E-state index contributed by atoms with van der Waals surface area (Å²) in [6, 6.07) is 0.630. The molecule has 0 aliphatic carbocycles. The molecule has 0 aliphatic heterocycles. The van der Waals surface area contributed by atoms with Crippen LogP contribution in [-0.2, 0) is 0 Å². The van der Waals surface area contributed by atoms with E-state index in [1.807, 2.05) is 0 Å². The van der Waals surface area contributed by atoms with Crippen LogP contribution < -0.4 is 5.32 Å². The van der Waals surface area contributed by atoms with Crippen LogP contribution in [0, 0.1) is 11.3 Å². The zero-order chi connectivity index (χ0) is 11.9. The van der Waals surface area contributed by atoms with Crippen LogP contribution in [0.25, 0.3) is 0 Å². The standard InChI is InChI=1S/C14H29N/c1-7-9-10-13(15-6)11-12(8-2)14(3,4)5/h7,9,12-13,15H,8,10-11H2,1-6H3. The highest BCUT2D eigenvalue weighted by atomic mass is 14.9. The van der Waals surface area contributed by atoms with Gasteiger partial charge in [0.2, 0.25) is 0 Å². The van der Waals surface area contributed by atoms with Crippen LogP contribution in [0.1, 0.15) is 53.9 Å². The van der Waals surface area contributed by atoms with Crippen molar-refractivity contribution in [2.75, 3.05) is 7.05 Å². The summed E-state index contributed by atoms with van der Waals surface area (Å²) >= 11 is 0. The Kier molecular flexibility index (Phi) is 6.91. The first-order valence-corrected chi connectivity index (χ1v) is 6.24. The van der Waals surface area contributed by atoms with E-state index in [0.29, 0.717) is 11.5 Å². The van der Waals surface area contributed by atoms with Crippen molar-refractivity contribution in [1.82, 2.24) is 5.32 Å². The van der Waals surface area contributed by atoms with Crippen molar-refractivity contribution in [3.05, 3.63) is 12.2 Å². The Balaban J connectivity index is 4.24. The monoisotopic (exact) mass is 211 g/mol. The van der Waals surface area contributed by atoms with Crippen LogP contribution in [0.4, 0.5) is 0 Å². The maximum atomic E-state index is 3.42. The summed E-state index contributed by atoms with van der Waals surface area (Å²) in [6.45, 7) is 11.4. The molecule has 0 heterocycles. The molecule has 1 heteroatoms. The third-order valence-corrected chi connectivity index (χ3v) is 3.35. The molecule has 1 N–H and O–H groups in total. The van der Waals surface area contributed by atoms with Gasteiger partial charge in [0, 0.05) is 6.04 Å². The van der Waals surface area contributed by atoms with Crippen LogP contribution in [-0.4, -0.2) is 13.1 Å². The number of hydrogen-bond donors (Lipinski definition) is 1. The van der Waals surface area contributed by atoms with E-state index in [9.17, 15) is 0 Å². The molecular formula is C14H29N. The Labute approximate surface area is 96.3 Å². The molecule has 0 aliphatic rings. The summed E-state index contributed by atoms with van der Waals surface area (Å²) in [5.41, 5.74) is 0.430. The van der Waals surface area contributed by atoms with Crippen molar-refractivity contribution in [1.29, 1.82) is 0 Å². The first-order valence-electron chi connectivity index (χ1n) is 6.24. The third kappa shape index (κ3) is 5.99. The van der Waals surface area contributed by atoms with Gasteiger partial charge in [-0.3, -0.25) is 0 Å². The molecule has 15 heavy (non-hydrogen) atoms. The van der Waals surface area contributed by atoms with Crippen molar-refractivity contribution in [2.24, 2.45) is 11.3 Å². The van der Waals surface area contributed by atoms with E-state index in [1.165, 1.54) is 12.8 Å². The van der Waals surface area contributed by atoms with E-state index in [1.54, 1.807) is 0 Å². The van der Waals surface area contributed by atoms with Gasteiger partial charge in [-0.1, -0.05) is 46.3 Å². The molecule has 0 spiro atoms. The van der Waals surface area contributed by atoms with E-state index in [-0.39, 0.29) is 0 Å². The quantitative estimate of drug-likeness (QED) is 0.655. The molecule has 1 nitrogen and oxygen atoms in total. The molecule has 0 rings (SSSR count). The average molecular weight is 211 g/mol. The van der Waals surface area contributed by atoms with Crippen molar-refractivity contribution < 1.29 is 0 Å². The van der Waals surface area contributed by atoms with Gasteiger partial charge in [0.15, 0.2) is 0 Å². The minimum Gasteiger partial charge on any atom is -0.317 e. The van der Waals surface area contributed by atoms with Gasteiger partial charge in [-0.15, -0.1) is 0 Å². The number of hydrogen-bond acceptors (Lipinski definition) is 1. The number of allylic oxidation sites excluding steroid dienone is 1. The van der Waals surface area contributed by atoms with E-state index < -0.39 is 0 Å². The van der Waals surface area contributed by atoms with Crippen LogP contribution >= 0.6 is 0 Å². The average Bonchev–Trinajstić information content (AvgIpc) is 2.16. The molecule has 0 saturated heterocycles. The lowest BCUT2D eigenvalue weighted by atomic mass is 9.75. The molecule has 0 bridgehead atoms. The lowest BCUT2D eigenvalue weighted by molar-refractivity contribution is 0.199. The summed E-state index contributed by atoms with van der Waals surface area (Å²) in [5.74, 6) is 0.806. The fraction of sp³-hybridized carbons (Fsp3) is 0.857. The molecule has 0 fully saturated rings. The maximum Gasteiger partial charge on any atom is 0.0101 e. The minimum absolute atomic E-state index is 0.430. The first-order chi connectivity index (χ1) is 6.95. The summed E-state index contributed by atoms with van der Waals surface area (Å²) in [4.78, 5) is 0. The van der Waals surface area contributed by atoms with Crippen LogP contribution in [0.2, 0.25) is 0 Å². The SMILES string of the molecule is CC=CCC(CC(CC)C(C)(C)C)NC. The molecule has 0 saturated carbocycles. The fourth-order valence-corrected chi connectivity index (χ4v) is 2.11. The highest BCUT2D eigenvalue weighted by molar-refractivity contribution is 4.86. The molecule has 0 aromatic carbocycles. The second-order valence-electron chi connectivity index (χ2n) is 5.50. The van der Waals surface area contributed by atoms with Gasteiger partial charge < -0.3 is 5.32 Å². The molecule has 0 amide bonds. The first kappa shape index (κ1) is 14.7. The Morgan fingerprint density at radius 3 is 2.20 bits per heavy atom. The van der Waals surface area contributed by atoms with Crippen molar-refractivity contribution in [3.8, 4) is 0 Å². The van der Waals surface area contributed by atoms with Crippen molar-refractivity contribution in [3.63, 3.8) is 0 Å². The van der Waals surface area contributed by atoms with E-state index in [0.717, 1.165) is 12.3 Å². The van der Waals surface area contributed by atoms with Crippen molar-refractivity contribution >= 4 is 0 Å². The third-order valence-electron chi connectivity index (χ3n) is 3.35. The van der Waals surface area contributed by atoms with Gasteiger partial charge in [-0.2, -0.15) is 0 Å². The molecule has 2 atom stereocenters. The summed E-state index contributed by atoms with van der Waals surface area (Å²) < 4.78 is 0. The van der Waals surface area contributed by atoms with Gasteiger partial charge in [-0.25, -0.2) is 0 Å². The molecule has 0 aromatic heterocycles. The molecular weight excluding hydrogens is 182 g/mol.